The molecular weight excluding hydrogens is 160 g/mol. The fourth-order valence-corrected chi connectivity index (χ4v) is 2.86. The Labute approximate surface area is 78.9 Å². The van der Waals surface area contributed by atoms with Crippen molar-refractivity contribution in [2.24, 2.45) is 0 Å². The predicted molar refractivity (Wildman–Crippen MR) is 52.6 cm³/mol. The number of aromatic nitrogens is 1. The fraction of sp³-hybridized carbons (Fsp3) is 0.636. The largest absolute Gasteiger partial charge is 0.351 e. The second-order valence-corrected chi connectivity index (χ2v) is 4.39. The molecule has 2 aliphatic rings. The van der Waals surface area contributed by atoms with E-state index in [0.29, 0.717) is 0 Å². The van der Waals surface area contributed by atoms with Crippen molar-refractivity contribution in [3.63, 3.8) is 0 Å². The lowest BCUT2D eigenvalue weighted by molar-refractivity contribution is 0.299. The van der Waals surface area contributed by atoms with E-state index >= 15 is 0 Å². The number of hydrogen-bond acceptors (Lipinski definition) is 1. The normalized spacial score (nSPS) is 38.0. The molecule has 2 unspecified atom stereocenters. The minimum atomic E-state index is 0.758. The molecule has 2 atom stereocenters. The van der Waals surface area contributed by atoms with Crippen LogP contribution in [-0.2, 0) is 0 Å². The topological polar surface area (TPSA) is 17.0 Å². The van der Waals surface area contributed by atoms with Crippen molar-refractivity contribution in [1.82, 2.24) is 9.88 Å². The Morgan fingerprint density at radius 1 is 1.00 bits per heavy atom. The van der Waals surface area contributed by atoms with Crippen LogP contribution in [0.2, 0.25) is 0 Å². The predicted octanol–water partition coefficient (Wildman–Crippen LogP) is 1.94. The van der Waals surface area contributed by atoms with Gasteiger partial charge in [0.1, 0.15) is 0 Å². The molecule has 0 amide bonds. The molecule has 3 rings (SSSR count). The van der Waals surface area contributed by atoms with Gasteiger partial charge in [-0.1, -0.05) is 0 Å². The van der Waals surface area contributed by atoms with Gasteiger partial charge in [-0.15, -0.1) is 0 Å². The van der Waals surface area contributed by atoms with Gasteiger partial charge in [-0.25, -0.2) is 0 Å². The summed E-state index contributed by atoms with van der Waals surface area (Å²) in [7, 11) is 0. The number of rotatable bonds is 1. The maximum Gasteiger partial charge on any atom is 0.0360 e. The average Bonchev–Trinajstić information content (AvgIpc) is 2.75. The van der Waals surface area contributed by atoms with Crippen LogP contribution in [0.3, 0.4) is 0 Å². The molecule has 0 spiro atoms. The molecule has 2 heteroatoms. The van der Waals surface area contributed by atoms with Crippen LogP contribution < -0.4 is 5.32 Å². The number of nitrogens with zero attached hydrogens (tertiary/aromatic N) is 1. The molecule has 2 aliphatic heterocycles. The third-order valence-corrected chi connectivity index (χ3v) is 3.50. The van der Waals surface area contributed by atoms with E-state index in [2.05, 4.69) is 34.4 Å². The minimum absolute atomic E-state index is 0.758. The SMILES string of the molecule is c1ccn(C2CC3CCC(C2)N3)c1. The number of hydrogen-bond donors (Lipinski definition) is 1. The van der Waals surface area contributed by atoms with Crippen molar-refractivity contribution in [3.05, 3.63) is 24.5 Å². The molecule has 2 saturated heterocycles. The van der Waals surface area contributed by atoms with Gasteiger partial charge in [-0.3, -0.25) is 0 Å². The van der Waals surface area contributed by atoms with Crippen molar-refractivity contribution in [3.8, 4) is 0 Å². The van der Waals surface area contributed by atoms with Crippen LogP contribution in [0, 0.1) is 0 Å². The highest BCUT2D eigenvalue weighted by molar-refractivity contribution is 4.99. The first-order valence-corrected chi connectivity index (χ1v) is 5.30. The maximum atomic E-state index is 3.67. The molecule has 1 N–H and O–H groups in total. The third kappa shape index (κ3) is 1.29. The van der Waals surface area contributed by atoms with Gasteiger partial charge >= 0.3 is 0 Å². The monoisotopic (exact) mass is 176 g/mol. The van der Waals surface area contributed by atoms with E-state index in [4.69, 9.17) is 0 Å². The van der Waals surface area contributed by atoms with E-state index in [1.54, 1.807) is 0 Å². The van der Waals surface area contributed by atoms with Crippen LogP contribution in [0.25, 0.3) is 0 Å². The summed E-state index contributed by atoms with van der Waals surface area (Å²) in [5.41, 5.74) is 0. The van der Waals surface area contributed by atoms with Gasteiger partial charge in [-0.05, 0) is 37.8 Å². The van der Waals surface area contributed by atoms with Crippen molar-refractivity contribution in [2.45, 2.75) is 43.8 Å². The average molecular weight is 176 g/mol. The second-order valence-electron chi connectivity index (χ2n) is 4.39. The summed E-state index contributed by atoms with van der Waals surface area (Å²) in [6.07, 6.45) is 9.84. The summed E-state index contributed by atoms with van der Waals surface area (Å²) in [6, 6.07) is 6.61. The molecule has 1 aromatic rings. The zero-order valence-electron chi connectivity index (χ0n) is 7.82. The number of piperidine rings is 1. The summed E-state index contributed by atoms with van der Waals surface area (Å²) in [5, 5.41) is 3.67. The van der Waals surface area contributed by atoms with E-state index in [1.165, 1.54) is 25.7 Å². The fourth-order valence-electron chi connectivity index (χ4n) is 2.86. The maximum absolute atomic E-state index is 3.67. The van der Waals surface area contributed by atoms with Crippen molar-refractivity contribution in [2.75, 3.05) is 0 Å². The molecule has 0 saturated carbocycles. The van der Waals surface area contributed by atoms with Crippen LogP contribution in [0.1, 0.15) is 31.7 Å². The lowest BCUT2D eigenvalue weighted by Crippen LogP contribution is -2.38. The first-order chi connectivity index (χ1) is 6.42. The van der Waals surface area contributed by atoms with Crippen molar-refractivity contribution in [1.29, 1.82) is 0 Å². The molecule has 2 bridgehead atoms. The first kappa shape index (κ1) is 7.63. The Morgan fingerprint density at radius 2 is 1.62 bits per heavy atom. The molecule has 0 aromatic carbocycles. The van der Waals surface area contributed by atoms with Gasteiger partial charge in [0.05, 0.1) is 0 Å². The van der Waals surface area contributed by atoms with Crippen molar-refractivity contribution < 1.29 is 0 Å². The van der Waals surface area contributed by atoms with E-state index in [-0.39, 0.29) is 0 Å². The van der Waals surface area contributed by atoms with Crippen LogP contribution in [0.4, 0.5) is 0 Å². The highest BCUT2D eigenvalue weighted by Gasteiger charge is 2.33. The van der Waals surface area contributed by atoms with Crippen LogP contribution in [0.5, 0.6) is 0 Å². The molecule has 3 heterocycles. The number of fused-ring (bicyclic) bond motifs is 2. The van der Waals surface area contributed by atoms with Gasteiger partial charge in [0.15, 0.2) is 0 Å². The zero-order chi connectivity index (χ0) is 8.67. The smallest absolute Gasteiger partial charge is 0.0360 e. The molecule has 0 radical (unpaired) electrons. The van der Waals surface area contributed by atoms with Crippen molar-refractivity contribution >= 4 is 0 Å². The van der Waals surface area contributed by atoms with Crippen LogP contribution in [-0.4, -0.2) is 16.7 Å². The molecule has 0 aliphatic carbocycles. The van der Waals surface area contributed by atoms with Gasteiger partial charge in [0, 0.05) is 30.5 Å². The third-order valence-electron chi connectivity index (χ3n) is 3.50. The van der Waals surface area contributed by atoms with Gasteiger partial charge < -0.3 is 9.88 Å². The molecule has 1 aromatic heterocycles. The summed E-state index contributed by atoms with van der Waals surface area (Å²) >= 11 is 0. The Hall–Kier alpha value is -0.760. The Balaban J connectivity index is 1.80. The summed E-state index contributed by atoms with van der Waals surface area (Å²) in [6.45, 7) is 0. The van der Waals surface area contributed by atoms with Crippen LogP contribution >= 0.6 is 0 Å². The van der Waals surface area contributed by atoms with Gasteiger partial charge in [0.2, 0.25) is 0 Å². The molecule has 70 valence electrons. The van der Waals surface area contributed by atoms with Crippen LogP contribution in [0.15, 0.2) is 24.5 Å². The highest BCUT2D eigenvalue weighted by atomic mass is 15.1. The molecule has 2 nitrogen and oxygen atoms in total. The minimum Gasteiger partial charge on any atom is -0.351 e. The van der Waals surface area contributed by atoms with E-state index < -0.39 is 0 Å². The lowest BCUT2D eigenvalue weighted by Gasteiger charge is -2.30. The van der Waals surface area contributed by atoms with E-state index in [0.717, 1.165) is 18.1 Å². The Bertz CT molecular complexity index is 266. The molecular formula is C11H16N2. The van der Waals surface area contributed by atoms with Gasteiger partial charge in [-0.2, -0.15) is 0 Å². The Morgan fingerprint density at radius 3 is 2.23 bits per heavy atom. The lowest BCUT2D eigenvalue weighted by atomic mass is 10.00. The highest BCUT2D eigenvalue weighted by Crippen LogP contribution is 2.33. The summed E-state index contributed by atoms with van der Waals surface area (Å²) < 4.78 is 2.38. The zero-order valence-corrected chi connectivity index (χ0v) is 7.82. The summed E-state index contributed by atoms with van der Waals surface area (Å²) in [4.78, 5) is 0. The Kier molecular flexibility index (Phi) is 1.69. The first-order valence-electron chi connectivity index (χ1n) is 5.30. The standard InChI is InChI=1S/C11H16N2/c1-2-6-13(5-1)11-7-9-3-4-10(8-11)12-9/h1-2,5-6,9-12H,3-4,7-8H2. The quantitative estimate of drug-likeness (QED) is 0.692. The summed E-state index contributed by atoms with van der Waals surface area (Å²) in [5.74, 6) is 0. The molecule has 13 heavy (non-hydrogen) atoms. The van der Waals surface area contributed by atoms with Gasteiger partial charge in [0.25, 0.3) is 0 Å². The second kappa shape index (κ2) is 2.88. The number of nitrogens with one attached hydrogen (secondary N) is 1. The van der Waals surface area contributed by atoms with E-state index in [1.807, 2.05) is 0 Å². The molecule has 2 fully saturated rings. The van der Waals surface area contributed by atoms with E-state index in [9.17, 15) is 0 Å².